The number of thioether (sulfide) groups is 1. The van der Waals surface area contributed by atoms with E-state index in [4.69, 9.17) is 5.11 Å². The van der Waals surface area contributed by atoms with Gasteiger partial charge in [0.15, 0.2) is 0 Å². The van der Waals surface area contributed by atoms with Crippen LogP contribution in [0.25, 0.3) is 0 Å². The molecule has 1 atom stereocenters. The highest BCUT2D eigenvalue weighted by Crippen LogP contribution is 2.28. The van der Waals surface area contributed by atoms with E-state index >= 15 is 0 Å². The van der Waals surface area contributed by atoms with Gasteiger partial charge < -0.3 is 10.4 Å². The minimum atomic E-state index is -1.02. The van der Waals surface area contributed by atoms with Crippen molar-refractivity contribution in [1.82, 2.24) is 4.98 Å². The molecule has 0 radical (unpaired) electrons. The van der Waals surface area contributed by atoms with Crippen LogP contribution in [0, 0.1) is 25.2 Å². The molecule has 1 unspecified atom stereocenters. The smallest absolute Gasteiger partial charge is 0.335 e. The molecule has 6 nitrogen and oxygen atoms in total. The van der Waals surface area contributed by atoms with Crippen molar-refractivity contribution >= 4 is 29.3 Å². The highest BCUT2D eigenvalue weighted by molar-refractivity contribution is 8.00. The summed E-state index contributed by atoms with van der Waals surface area (Å²) in [4.78, 5) is 27.5. The molecule has 1 aromatic heterocycles. The Hall–Kier alpha value is -2.85. The van der Waals surface area contributed by atoms with Crippen LogP contribution in [0.5, 0.6) is 0 Å². The molecule has 0 aliphatic rings. The zero-order valence-corrected chi connectivity index (χ0v) is 14.8. The lowest BCUT2D eigenvalue weighted by Crippen LogP contribution is -2.22. The highest BCUT2D eigenvalue weighted by Gasteiger charge is 2.19. The summed E-state index contributed by atoms with van der Waals surface area (Å²) in [5.41, 5.74) is 2.75. The number of hydrogen-bond donors (Lipinski definition) is 2. The molecule has 1 amide bonds. The monoisotopic (exact) mass is 355 g/mol. The molecule has 2 N–H and O–H groups in total. The van der Waals surface area contributed by atoms with E-state index in [-0.39, 0.29) is 11.5 Å². The van der Waals surface area contributed by atoms with Crippen molar-refractivity contribution in [3.63, 3.8) is 0 Å². The van der Waals surface area contributed by atoms with Gasteiger partial charge in [-0.2, -0.15) is 5.26 Å². The highest BCUT2D eigenvalue weighted by atomic mass is 32.2. The SMILES string of the molecule is Cc1cc(C)c(C#N)c(SC(C)C(=O)Nc2ccc(C(=O)O)cc2)n1. The molecule has 1 aromatic carbocycles. The van der Waals surface area contributed by atoms with E-state index in [0.29, 0.717) is 16.3 Å². The molecule has 1 heterocycles. The molecule has 0 saturated heterocycles. The largest absolute Gasteiger partial charge is 0.478 e. The number of rotatable bonds is 5. The number of pyridine rings is 1. The number of hydrogen-bond acceptors (Lipinski definition) is 5. The van der Waals surface area contributed by atoms with Crippen LogP contribution < -0.4 is 5.32 Å². The predicted molar refractivity (Wildman–Crippen MR) is 95.8 cm³/mol. The number of carboxylic acid groups (broad SMARTS) is 1. The number of carbonyl (C=O) groups is 2. The zero-order valence-electron chi connectivity index (χ0n) is 14.0. The second-order valence-electron chi connectivity index (χ2n) is 5.50. The molecule has 2 aromatic rings. The van der Waals surface area contributed by atoms with Crippen LogP contribution in [-0.2, 0) is 4.79 Å². The molecule has 0 aliphatic heterocycles. The van der Waals surface area contributed by atoms with Crippen molar-refractivity contribution in [2.75, 3.05) is 5.32 Å². The number of nitriles is 1. The number of aromatic carboxylic acids is 1. The number of anilines is 1. The first-order valence-electron chi connectivity index (χ1n) is 7.51. The molecule has 0 spiro atoms. The first-order chi connectivity index (χ1) is 11.8. The lowest BCUT2D eigenvalue weighted by molar-refractivity contribution is -0.115. The van der Waals surface area contributed by atoms with E-state index < -0.39 is 11.2 Å². The fourth-order valence-corrected chi connectivity index (χ4v) is 3.21. The fourth-order valence-electron chi connectivity index (χ4n) is 2.18. The normalized spacial score (nSPS) is 11.4. The maximum Gasteiger partial charge on any atom is 0.335 e. The van der Waals surface area contributed by atoms with Gasteiger partial charge in [-0.05, 0) is 56.7 Å². The van der Waals surface area contributed by atoms with E-state index in [1.807, 2.05) is 19.9 Å². The maximum atomic E-state index is 12.3. The lowest BCUT2D eigenvalue weighted by Gasteiger charge is -2.13. The summed E-state index contributed by atoms with van der Waals surface area (Å²) in [7, 11) is 0. The van der Waals surface area contributed by atoms with Gasteiger partial charge in [-0.15, -0.1) is 0 Å². The summed E-state index contributed by atoms with van der Waals surface area (Å²) < 4.78 is 0. The molecule has 7 heteroatoms. The van der Waals surface area contributed by atoms with Crippen LogP contribution in [-0.4, -0.2) is 27.2 Å². The van der Waals surface area contributed by atoms with Crippen molar-refractivity contribution < 1.29 is 14.7 Å². The molecule has 0 aliphatic carbocycles. The van der Waals surface area contributed by atoms with Crippen molar-refractivity contribution in [3.8, 4) is 6.07 Å². The van der Waals surface area contributed by atoms with Crippen LogP contribution in [0.15, 0.2) is 35.4 Å². The summed E-state index contributed by atoms with van der Waals surface area (Å²) in [5.74, 6) is -1.27. The van der Waals surface area contributed by atoms with E-state index in [2.05, 4.69) is 16.4 Å². The number of aryl methyl sites for hydroxylation is 2. The second-order valence-corrected chi connectivity index (χ2v) is 6.83. The summed E-state index contributed by atoms with van der Waals surface area (Å²) >= 11 is 1.22. The van der Waals surface area contributed by atoms with Crippen LogP contribution in [0.2, 0.25) is 0 Å². The van der Waals surface area contributed by atoms with E-state index in [1.165, 1.54) is 36.0 Å². The standard InChI is InChI=1S/C18H17N3O3S/c1-10-8-11(2)20-17(15(10)9-19)25-12(3)16(22)21-14-6-4-13(5-7-14)18(23)24/h4-8,12H,1-3H3,(H,21,22)(H,23,24). The van der Waals surface area contributed by atoms with Crippen molar-refractivity contribution in [1.29, 1.82) is 5.26 Å². The molecule has 25 heavy (non-hydrogen) atoms. The number of nitrogens with zero attached hydrogens (tertiary/aromatic N) is 2. The maximum absolute atomic E-state index is 12.3. The van der Waals surface area contributed by atoms with Crippen molar-refractivity contribution in [3.05, 3.63) is 52.7 Å². The van der Waals surface area contributed by atoms with Crippen molar-refractivity contribution in [2.24, 2.45) is 0 Å². The van der Waals surface area contributed by atoms with Crippen LogP contribution in [0.4, 0.5) is 5.69 Å². The number of carbonyl (C=O) groups excluding carboxylic acids is 1. The second kappa shape index (κ2) is 7.81. The predicted octanol–water partition coefficient (Wildman–Crippen LogP) is 3.39. The number of nitrogens with one attached hydrogen (secondary N) is 1. The molecular weight excluding hydrogens is 338 g/mol. The van der Waals surface area contributed by atoms with Gasteiger partial charge in [-0.1, -0.05) is 11.8 Å². The Balaban J connectivity index is 2.11. The molecular formula is C18H17N3O3S. The summed E-state index contributed by atoms with van der Waals surface area (Å²) in [6, 6.07) is 9.89. The Bertz CT molecular complexity index is 857. The third-order valence-electron chi connectivity index (χ3n) is 3.48. The Morgan fingerprint density at radius 3 is 2.48 bits per heavy atom. The average molecular weight is 355 g/mol. The van der Waals surface area contributed by atoms with Gasteiger partial charge in [0.1, 0.15) is 11.1 Å². The van der Waals surface area contributed by atoms with Gasteiger partial charge >= 0.3 is 5.97 Å². The number of amides is 1. The van der Waals surface area contributed by atoms with Crippen LogP contribution >= 0.6 is 11.8 Å². The van der Waals surface area contributed by atoms with Gasteiger partial charge in [0.05, 0.1) is 16.4 Å². The van der Waals surface area contributed by atoms with Gasteiger partial charge in [-0.3, -0.25) is 4.79 Å². The van der Waals surface area contributed by atoms with E-state index in [1.54, 1.807) is 6.92 Å². The summed E-state index contributed by atoms with van der Waals surface area (Å²) in [6.45, 7) is 5.41. The number of aromatic nitrogens is 1. The summed E-state index contributed by atoms with van der Waals surface area (Å²) in [6.07, 6.45) is 0. The molecule has 2 rings (SSSR count). The minimum absolute atomic E-state index is 0.151. The Morgan fingerprint density at radius 2 is 1.92 bits per heavy atom. The quantitative estimate of drug-likeness (QED) is 0.797. The Kier molecular flexibility index (Phi) is 5.78. The van der Waals surface area contributed by atoms with Crippen LogP contribution in [0.3, 0.4) is 0 Å². The van der Waals surface area contributed by atoms with Gasteiger partial charge in [0, 0.05) is 11.4 Å². The number of benzene rings is 1. The Morgan fingerprint density at radius 1 is 1.28 bits per heavy atom. The molecule has 128 valence electrons. The minimum Gasteiger partial charge on any atom is -0.478 e. The number of carboxylic acids is 1. The van der Waals surface area contributed by atoms with Gasteiger partial charge in [0.2, 0.25) is 5.91 Å². The van der Waals surface area contributed by atoms with E-state index in [0.717, 1.165) is 11.3 Å². The fraction of sp³-hybridized carbons (Fsp3) is 0.222. The average Bonchev–Trinajstić information content (AvgIpc) is 2.54. The molecule has 0 bridgehead atoms. The topological polar surface area (TPSA) is 103 Å². The first-order valence-corrected chi connectivity index (χ1v) is 8.39. The van der Waals surface area contributed by atoms with E-state index in [9.17, 15) is 14.9 Å². The molecule has 0 fully saturated rings. The van der Waals surface area contributed by atoms with Crippen molar-refractivity contribution in [2.45, 2.75) is 31.0 Å². The first kappa shape index (κ1) is 18.5. The Labute approximate surface area is 149 Å². The van der Waals surface area contributed by atoms with Gasteiger partial charge in [-0.25, -0.2) is 9.78 Å². The summed E-state index contributed by atoms with van der Waals surface area (Å²) in [5, 5.41) is 21.0. The third kappa shape index (κ3) is 4.58. The van der Waals surface area contributed by atoms with Crippen LogP contribution in [0.1, 0.15) is 34.1 Å². The molecule has 0 saturated carbocycles. The third-order valence-corrected chi connectivity index (χ3v) is 4.57. The lowest BCUT2D eigenvalue weighted by atomic mass is 10.1. The zero-order chi connectivity index (χ0) is 18.6. The van der Waals surface area contributed by atoms with Gasteiger partial charge in [0.25, 0.3) is 0 Å².